The molecule has 290 valence electrons. The summed E-state index contributed by atoms with van der Waals surface area (Å²) in [7, 11) is 0. The van der Waals surface area contributed by atoms with Gasteiger partial charge in [0.05, 0.1) is 16.7 Å². The van der Waals surface area contributed by atoms with Gasteiger partial charge in [0, 0.05) is 54.8 Å². The van der Waals surface area contributed by atoms with Crippen molar-refractivity contribution in [3.05, 3.63) is 218 Å². The van der Waals surface area contributed by atoms with Crippen LogP contribution in [0, 0.1) is 0 Å². The molecule has 0 fully saturated rings. The average Bonchev–Trinajstić information content (AvgIpc) is 4.03. The molecule has 4 heteroatoms. The van der Waals surface area contributed by atoms with Crippen LogP contribution in [0.1, 0.15) is 0 Å². The van der Waals surface area contributed by atoms with Crippen LogP contribution in [0.5, 0.6) is 0 Å². The van der Waals surface area contributed by atoms with E-state index in [1.807, 2.05) is 12.1 Å². The average molecular weight is 793 g/mol. The Morgan fingerprint density at radius 3 is 1.84 bits per heavy atom. The number of hydrogen-bond acceptors (Lipinski definition) is 3. The maximum absolute atomic E-state index is 6.70. The summed E-state index contributed by atoms with van der Waals surface area (Å²) < 4.78 is 15.7. The zero-order valence-corrected chi connectivity index (χ0v) is 33.5. The Labute approximate surface area is 356 Å². The molecular formula is C58H36N2O2. The van der Waals surface area contributed by atoms with Gasteiger partial charge in [-0.15, -0.1) is 0 Å². The predicted octanol–water partition coefficient (Wildman–Crippen LogP) is 16.5. The van der Waals surface area contributed by atoms with Gasteiger partial charge in [0.1, 0.15) is 16.7 Å². The quantitative estimate of drug-likeness (QED) is 0.168. The van der Waals surface area contributed by atoms with Gasteiger partial charge in [0.2, 0.25) is 0 Å². The predicted molar refractivity (Wildman–Crippen MR) is 258 cm³/mol. The molecule has 0 N–H and O–H groups in total. The Hall–Kier alpha value is -8.34. The normalized spacial score (nSPS) is 11.9. The van der Waals surface area contributed by atoms with Gasteiger partial charge in [-0.3, -0.25) is 0 Å². The molecule has 62 heavy (non-hydrogen) atoms. The van der Waals surface area contributed by atoms with Crippen molar-refractivity contribution in [2.75, 3.05) is 4.90 Å². The highest BCUT2D eigenvalue weighted by atomic mass is 16.3. The van der Waals surface area contributed by atoms with Crippen molar-refractivity contribution in [2.24, 2.45) is 0 Å². The third-order valence-corrected chi connectivity index (χ3v) is 12.6. The zero-order chi connectivity index (χ0) is 40.7. The standard InChI is InChI=1S/C58H36N2O2/c1-2-18-45-38(13-1)31-34-50-56-44(22-12-28-55(56)62-57(45)50)40-15-10-16-42(36-40)59(53-26-11-23-49-48-21-5-8-27-54(48)61-58(49)53)41-32-29-37(30-33-41)39-14-9-17-43(35-39)60-51-24-6-3-19-46(51)47-20-4-7-25-52(47)60/h1-36H. The summed E-state index contributed by atoms with van der Waals surface area (Å²) in [5.74, 6) is 0. The Morgan fingerprint density at radius 1 is 0.355 bits per heavy atom. The highest BCUT2D eigenvalue weighted by molar-refractivity contribution is 6.19. The van der Waals surface area contributed by atoms with Crippen molar-refractivity contribution in [3.63, 3.8) is 0 Å². The number of aromatic nitrogens is 1. The maximum Gasteiger partial charge on any atom is 0.159 e. The van der Waals surface area contributed by atoms with E-state index in [0.717, 1.165) is 94.3 Å². The van der Waals surface area contributed by atoms with Crippen LogP contribution >= 0.6 is 0 Å². The van der Waals surface area contributed by atoms with Gasteiger partial charge in [-0.25, -0.2) is 0 Å². The molecule has 3 heterocycles. The minimum absolute atomic E-state index is 0.844. The van der Waals surface area contributed by atoms with Crippen molar-refractivity contribution in [2.45, 2.75) is 0 Å². The third-order valence-electron chi connectivity index (χ3n) is 12.6. The molecule has 0 radical (unpaired) electrons. The third kappa shape index (κ3) is 5.27. The van der Waals surface area contributed by atoms with E-state index < -0.39 is 0 Å². The van der Waals surface area contributed by atoms with Crippen LogP contribution in [0.4, 0.5) is 17.1 Å². The van der Waals surface area contributed by atoms with Gasteiger partial charge in [-0.1, -0.05) is 146 Å². The van der Waals surface area contributed by atoms with E-state index in [-0.39, 0.29) is 0 Å². The lowest BCUT2D eigenvalue weighted by Gasteiger charge is -2.26. The summed E-state index contributed by atoms with van der Waals surface area (Å²) in [6, 6.07) is 77.9. The molecule has 3 aromatic heterocycles. The van der Waals surface area contributed by atoms with E-state index in [2.05, 4.69) is 216 Å². The minimum atomic E-state index is 0.844. The van der Waals surface area contributed by atoms with Crippen molar-refractivity contribution in [1.82, 2.24) is 4.57 Å². The molecule has 0 saturated heterocycles. The van der Waals surface area contributed by atoms with Crippen LogP contribution in [0.3, 0.4) is 0 Å². The van der Waals surface area contributed by atoms with Crippen LogP contribution in [0.15, 0.2) is 227 Å². The molecule has 4 nitrogen and oxygen atoms in total. The Kier molecular flexibility index (Phi) is 7.57. The van der Waals surface area contributed by atoms with Crippen LogP contribution in [0.2, 0.25) is 0 Å². The second-order valence-corrected chi connectivity index (χ2v) is 16.0. The van der Waals surface area contributed by atoms with Crippen LogP contribution in [-0.4, -0.2) is 4.57 Å². The first kappa shape index (κ1) is 34.5. The van der Waals surface area contributed by atoms with Crippen molar-refractivity contribution < 1.29 is 8.83 Å². The highest BCUT2D eigenvalue weighted by Crippen LogP contribution is 2.45. The number of para-hydroxylation sites is 4. The van der Waals surface area contributed by atoms with Crippen LogP contribution in [0.25, 0.3) is 104 Å². The molecular weight excluding hydrogens is 757 g/mol. The van der Waals surface area contributed by atoms with E-state index in [1.54, 1.807) is 0 Å². The van der Waals surface area contributed by atoms with Gasteiger partial charge in [-0.2, -0.15) is 0 Å². The fraction of sp³-hybridized carbons (Fsp3) is 0. The highest BCUT2D eigenvalue weighted by Gasteiger charge is 2.21. The second kappa shape index (κ2) is 13.6. The lowest BCUT2D eigenvalue weighted by molar-refractivity contribution is 0.669. The van der Waals surface area contributed by atoms with Crippen molar-refractivity contribution in [1.29, 1.82) is 0 Å². The molecule has 0 aliphatic carbocycles. The summed E-state index contributed by atoms with van der Waals surface area (Å²) in [6.07, 6.45) is 0. The molecule has 10 aromatic carbocycles. The summed E-state index contributed by atoms with van der Waals surface area (Å²) in [4.78, 5) is 2.33. The molecule has 0 aliphatic rings. The number of fused-ring (bicyclic) bond motifs is 11. The first-order valence-corrected chi connectivity index (χ1v) is 21.1. The van der Waals surface area contributed by atoms with Gasteiger partial charge >= 0.3 is 0 Å². The first-order valence-electron chi connectivity index (χ1n) is 21.1. The fourth-order valence-electron chi connectivity index (χ4n) is 9.77. The molecule has 13 aromatic rings. The summed E-state index contributed by atoms with van der Waals surface area (Å²) in [5.41, 5.74) is 14.6. The summed E-state index contributed by atoms with van der Waals surface area (Å²) >= 11 is 0. The number of furan rings is 2. The molecule has 0 aliphatic heterocycles. The molecule has 13 rings (SSSR count). The minimum Gasteiger partial charge on any atom is -0.455 e. The van der Waals surface area contributed by atoms with Crippen LogP contribution in [-0.2, 0) is 0 Å². The topological polar surface area (TPSA) is 34.5 Å². The van der Waals surface area contributed by atoms with E-state index in [9.17, 15) is 0 Å². The first-order chi connectivity index (χ1) is 30.7. The molecule has 0 atom stereocenters. The SMILES string of the molecule is c1cc(-c2cccc3oc4c5ccccc5ccc4c23)cc(N(c2ccc(-c3cccc(-n4c5ccccc5c5ccccc54)c3)cc2)c2cccc3c2oc2ccccc23)c1. The fourth-order valence-corrected chi connectivity index (χ4v) is 9.77. The van der Waals surface area contributed by atoms with Gasteiger partial charge in [-0.05, 0) is 100 Å². The molecule has 0 amide bonds. The maximum atomic E-state index is 6.70. The van der Waals surface area contributed by atoms with Gasteiger partial charge < -0.3 is 18.3 Å². The number of nitrogens with zero attached hydrogens (tertiary/aromatic N) is 2. The summed E-state index contributed by atoms with van der Waals surface area (Å²) in [5, 5.41) is 9.20. The van der Waals surface area contributed by atoms with E-state index in [1.165, 1.54) is 27.2 Å². The Balaban J connectivity index is 0.960. The lowest BCUT2D eigenvalue weighted by Crippen LogP contribution is -2.10. The van der Waals surface area contributed by atoms with E-state index in [4.69, 9.17) is 8.83 Å². The number of rotatable bonds is 6. The molecule has 0 spiro atoms. The molecule has 0 saturated carbocycles. The monoisotopic (exact) mass is 792 g/mol. The van der Waals surface area contributed by atoms with Crippen molar-refractivity contribution >= 4 is 93.5 Å². The number of hydrogen-bond donors (Lipinski definition) is 0. The molecule has 0 bridgehead atoms. The Bertz CT molecular complexity index is 3830. The summed E-state index contributed by atoms with van der Waals surface area (Å²) in [6.45, 7) is 0. The van der Waals surface area contributed by atoms with Crippen LogP contribution < -0.4 is 4.90 Å². The van der Waals surface area contributed by atoms with Crippen molar-refractivity contribution in [3.8, 4) is 27.9 Å². The van der Waals surface area contributed by atoms with E-state index >= 15 is 0 Å². The van der Waals surface area contributed by atoms with Gasteiger partial charge in [0.15, 0.2) is 5.58 Å². The zero-order valence-electron chi connectivity index (χ0n) is 33.5. The Morgan fingerprint density at radius 2 is 1.00 bits per heavy atom. The number of anilines is 3. The van der Waals surface area contributed by atoms with Gasteiger partial charge in [0.25, 0.3) is 0 Å². The van der Waals surface area contributed by atoms with E-state index in [0.29, 0.717) is 0 Å². The second-order valence-electron chi connectivity index (χ2n) is 16.0. The smallest absolute Gasteiger partial charge is 0.159 e. The number of benzene rings is 10. The molecule has 0 unspecified atom stereocenters. The largest absolute Gasteiger partial charge is 0.455 e. The lowest BCUT2D eigenvalue weighted by atomic mass is 9.97.